The van der Waals surface area contributed by atoms with Crippen molar-refractivity contribution in [2.24, 2.45) is 11.8 Å². The van der Waals surface area contributed by atoms with Crippen molar-refractivity contribution in [3.8, 4) is 0 Å². The first-order valence-corrected chi connectivity index (χ1v) is 6.63. The molecule has 1 atom stereocenters. The van der Waals surface area contributed by atoms with Gasteiger partial charge in [-0.15, -0.1) is 11.3 Å². The number of nitrogens with zero attached hydrogens (tertiary/aromatic N) is 1. The van der Waals surface area contributed by atoms with E-state index in [4.69, 9.17) is 0 Å². The highest BCUT2D eigenvalue weighted by atomic mass is 32.1. The fourth-order valence-corrected chi connectivity index (χ4v) is 2.27. The molecule has 1 N–H and O–H groups in total. The molecule has 1 aromatic rings. The molecule has 0 bridgehead atoms. The van der Waals surface area contributed by atoms with Crippen LogP contribution in [0.15, 0.2) is 5.38 Å². The molecule has 0 saturated heterocycles. The molecule has 0 aliphatic carbocycles. The molecular weight excluding hydrogens is 204 g/mol. The summed E-state index contributed by atoms with van der Waals surface area (Å²) in [7, 11) is 0. The molecule has 86 valence electrons. The van der Waals surface area contributed by atoms with Gasteiger partial charge in [-0.05, 0) is 38.3 Å². The Morgan fingerprint density at radius 2 is 2.20 bits per heavy atom. The average molecular weight is 226 g/mol. The van der Waals surface area contributed by atoms with Gasteiger partial charge >= 0.3 is 0 Å². The summed E-state index contributed by atoms with van der Waals surface area (Å²) in [5, 5.41) is 6.80. The first kappa shape index (κ1) is 12.7. The summed E-state index contributed by atoms with van der Waals surface area (Å²) in [5.41, 5.74) is 1.26. The molecule has 0 aliphatic heterocycles. The molecule has 1 unspecified atom stereocenters. The van der Waals surface area contributed by atoms with Crippen LogP contribution in [0.5, 0.6) is 0 Å². The molecule has 0 aromatic carbocycles. The Hall–Kier alpha value is -0.410. The third-order valence-corrected chi connectivity index (χ3v) is 3.56. The van der Waals surface area contributed by atoms with Gasteiger partial charge in [-0.25, -0.2) is 4.98 Å². The lowest BCUT2D eigenvalue weighted by Crippen LogP contribution is -2.27. The highest BCUT2D eigenvalue weighted by Gasteiger charge is 2.14. The van der Waals surface area contributed by atoms with Crippen LogP contribution < -0.4 is 5.32 Å². The molecule has 1 heterocycles. The van der Waals surface area contributed by atoms with E-state index in [0.717, 1.165) is 19.5 Å². The fraction of sp³-hybridized carbons (Fsp3) is 0.750. The maximum atomic E-state index is 4.53. The second kappa shape index (κ2) is 6.23. The second-order valence-electron chi connectivity index (χ2n) is 4.37. The minimum atomic E-state index is 0.700. The number of rotatable bonds is 6. The van der Waals surface area contributed by atoms with E-state index in [1.807, 2.05) is 0 Å². The van der Waals surface area contributed by atoms with Crippen LogP contribution in [0.4, 0.5) is 0 Å². The van der Waals surface area contributed by atoms with Gasteiger partial charge in [-0.3, -0.25) is 0 Å². The molecule has 1 aromatic heterocycles. The minimum Gasteiger partial charge on any atom is -0.317 e. The van der Waals surface area contributed by atoms with Crippen molar-refractivity contribution in [2.45, 2.75) is 34.1 Å². The van der Waals surface area contributed by atoms with E-state index in [-0.39, 0.29) is 0 Å². The first-order valence-electron chi connectivity index (χ1n) is 5.75. The summed E-state index contributed by atoms with van der Waals surface area (Å²) in [6.45, 7) is 11.0. The maximum absolute atomic E-state index is 4.53. The minimum absolute atomic E-state index is 0.700. The van der Waals surface area contributed by atoms with E-state index in [0.29, 0.717) is 11.8 Å². The van der Waals surface area contributed by atoms with E-state index in [1.165, 1.54) is 10.7 Å². The summed E-state index contributed by atoms with van der Waals surface area (Å²) in [4.78, 5) is 4.53. The third-order valence-electron chi connectivity index (χ3n) is 2.74. The van der Waals surface area contributed by atoms with Crippen molar-refractivity contribution < 1.29 is 0 Å². The van der Waals surface area contributed by atoms with Crippen LogP contribution in [0.1, 0.15) is 31.5 Å². The Morgan fingerprint density at radius 3 is 2.67 bits per heavy atom. The monoisotopic (exact) mass is 226 g/mol. The molecule has 0 spiro atoms. The number of aromatic nitrogens is 1. The van der Waals surface area contributed by atoms with Gasteiger partial charge in [-0.2, -0.15) is 0 Å². The quantitative estimate of drug-likeness (QED) is 0.807. The SMILES string of the molecule is CCNCC(Cc1csc(C)n1)C(C)C. The van der Waals surface area contributed by atoms with Gasteiger partial charge in [0.05, 0.1) is 10.7 Å². The maximum Gasteiger partial charge on any atom is 0.0897 e. The Labute approximate surface area is 97.1 Å². The van der Waals surface area contributed by atoms with E-state index in [2.05, 4.69) is 43.4 Å². The van der Waals surface area contributed by atoms with Crippen LogP contribution in [0, 0.1) is 18.8 Å². The van der Waals surface area contributed by atoms with Crippen molar-refractivity contribution >= 4 is 11.3 Å². The highest BCUT2D eigenvalue weighted by Crippen LogP contribution is 2.18. The molecule has 3 heteroatoms. The smallest absolute Gasteiger partial charge is 0.0897 e. The summed E-state index contributed by atoms with van der Waals surface area (Å²) in [6, 6.07) is 0. The summed E-state index contributed by atoms with van der Waals surface area (Å²) >= 11 is 1.75. The van der Waals surface area contributed by atoms with E-state index in [9.17, 15) is 0 Å². The van der Waals surface area contributed by atoms with Crippen LogP contribution >= 0.6 is 11.3 Å². The van der Waals surface area contributed by atoms with Crippen molar-refractivity contribution in [3.05, 3.63) is 16.1 Å². The topological polar surface area (TPSA) is 24.9 Å². The third kappa shape index (κ3) is 4.31. The Kier molecular flexibility index (Phi) is 5.26. The number of hydrogen-bond donors (Lipinski definition) is 1. The van der Waals surface area contributed by atoms with Gasteiger partial charge in [0.2, 0.25) is 0 Å². The van der Waals surface area contributed by atoms with Crippen LogP contribution in [0.2, 0.25) is 0 Å². The predicted molar refractivity (Wildman–Crippen MR) is 67.4 cm³/mol. The van der Waals surface area contributed by atoms with Gasteiger partial charge in [0.1, 0.15) is 0 Å². The number of thiazole rings is 1. The van der Waals surface area contributed by atoms with E-state index in [1.54, 1.807) is 11.3 Å². The van der Waals surface area contributed by atoms with Gasteiger partial charge in [0.25, 0.3) is 0 Å². The largest absolute Gasteiger partial charge is 0.317 e. The van der Waals surface area contributed by atoms with Gasteiger partial charge in [0.15, 0.2) is 0 Å². The lowest BCUT2D eigenvalue weighted by Gasteiger charge is -2.20. The number of hydrogen-bond acceptors (Lipinski definition) is 3. The predicted octanol–water partition coefficient (Wildman–Crippen LogP) is 2.88. The van der Waals surface area contributed by atoms with Crippen LogP contribution in [0.3, 0.4) is 0 Å². The van der Waals surface area contributed by atoms with Crippen molar-refractivity contribution in [2.75, 3.05) is 13.1 Å². The average Bonchev–Trinajstić information content (AvgIpc) is 2.58. The zero-order chi connectivity index (χ0) is 11.3. The van der Waals surface area contributed by atoms with Gasteiger partial charge in [-0.1, -0.05) is 20.8 Å². The molecule has 0 radical (unpaired) electrons. The summed E-state index contributed by atoms with van der Waals surface area (Å²) in [6.07, 6.45) is 1.11. The van der Waals surface area contributed by atoms with E-state index < -0.39 is 0 Å². The van der Waals surface area contributed by atoms with Crippen molar-refractivity contribution in [1.82, 2.24) is 10.3 Å². The normalized spacial score (nSPS) is 13.4. The molecule has 0 amide bonds. The van der Waals surface area contributed by atoms with Crippen molar-refractivity contribution in [1.29, 1.82) is 0 Å². The Balaban J connectivity index is 2.50. The van der Waals surface area contributed by atoms with Crippen molar-refractivity contribution in [3.63, 3.8) is 0 Å². The van der Waals surface area contributed by atoms with Crippen LogP contribution in [-0.2, 0) is 6.42 Å². The van der Waals surface area contributed by atoms with Crippen LogP contribution in [-0.4, -0.2) is 18.1 Å². The van der Waals surface area contributed by atoms with Gasteiger partial charge < -0.3 is 5.32 Å². The van der Waals surface area contributed by atoms with E-state index >= 15 is 0 Å². The highest BCUT2D eigenvalue weighted by molar-refractivity contribution is 7.09. The lowest BCUT2D eigenvalue weighted by molar-refractivity contribution is 0.361. The number of nitrogens with one attached hydrogen (secondary N) is 1. The molecule has 1 rings (SSSR count). The molecule has 15 heavy (non-hydrogen) atoms. The standard InChI is InChI=1S/C12H22N2S/c1-5-13-7-11(9(2)3)6-12-8-15-10(4)14-12/h8-9,11,13H,5-7H2,1-4H3. The molecule has 0 saturated carbocycles. The summed E-state index contributed by atoms with van der Waals surface area (Å²) < 4.78 is 0. The number of aryl methyl sites for hydroxylation is 1. The molecule has 2 nitrogen and oxygen atoms in total. The molecule has 0 aliphatic rings. The zero-order valence-corrected chi connectivity index (χ0v) is 11.0. The summed E-state index contributed by atoms with van der Waals surface area (Å²) in [5.74, 6) is 1.41. The fourth-order valence-electron chi connectivity index (χ4n) is 1.64. The zero-order valence-electron chi connectivity index (χ0n) is 10.2. The molecule has 0 fully saturated rings. The second-order valence-corrected chi connectivity index (χ2v) is 5.44. The Morgan fingerprint density at radius 1 is 1.47 bits per heavy atom. The Bertz CT molecular complexity index is 281. The molecular formula is C12H22N2S. The van der Waals surface area contributed by atoms with Gasteiger partial charge in [0, 0.05) is 5.38 Å². The first-order chi connectivity index (χ1) is 7.13. The van der Waals surface area contributed by atoms with Crippen LogP contribution in [0.25, 0.3) is 0 Å². The lowest BCUT2D eigenvalue weighted by atomic mass is 9.91.